The number of hydrogen-bond donors (Lipinski definition) is 0. The standard InChI is InChI=1S/C16H22.H2/c1-3-4-14-7-11-16(12-8-14)15-9-5-13(2)6-10-15;/h3,5-6,9-10,14,16H,1,4,7-8,11-12H2,2H3;1H. The van der Waals surface area contributed by atoms with Crippen molar-refractivity contribution >= 4 is 0 Å². The quantitative estimate of drug-likeness (QED) is 0.617. The number of hydrogen-bond acceptors (Lipinski definition) is 0. The van der Waals surface area contributed by atoms with Gasteiger partial charge in [0.2, 0.25) is 0 Å². The SMILES string of the molecule is C=CCC1CCC(c2ccc(C)cc2)CC1.[HH]. The lowest BCUT2D eigenvalue weighted by Gasteiger charge is -2.28. The summed E-state index contributed by atoms with van der Waals surface area (Å²) in [6, 6.07) is 9.11. The lowest BCUT2D eigenvalue weighted by molar-refractivity contribution is 0.328. The lowest BCUT2D eigenvalue weighted by atomic mass is 9.77. The number of benzene rings is 1. The van der Waals surface area contributed by atoms with Crippen LogP contribution in [0.15, 0.2) is 36.9 Å². The molecule has 0 radical (unpaired) electrons. The summed E-state index contributed by atoms with van der Waals surface area (Å²) in [6.45, 7) is 6.00. The Morgan fingerprint density at radius 2 is 1.81 bits per heavy atom. The highest BCUT2D eigenvalue weighted by Gasteiger charge is 2.21. The average molecular weight is 216 g/mol. The molecule has 88 valence electrons. The lowest BCUT2D eigenvalue weighted by Crippen LogP contribution is -2.12. The first-order valence-electron chi connectivity index (χ1n) is 6.47. The van der Waals surface area contributed by atoms with Crippen LogP contribution < -0.4 is 0 Å². The van der Waals surface area contributed by atoms with Crippen LogP contribution in [0.1, 0.15) is 50.6 Å². The van der Waals surface area contributed by atoms with E-state index in [1.165, 1.54) is 37.7 Å². The van der Waals surface area contributed by atoms with Crippen molar-refractivity contribution in [1.29, 1.82) is 0 Å². The maximum absolute atomic E-state index is 3.84. The fourth-order valence-electron chi connectivity index (χ4n) is 2.81. The molecule has 2 rings (SSSR count). The van der Waals surface area contributed by atoms with Gasteiger partial charge in [0.15, 0.2) is 0 Å². The third kappa shape index (κ3) is 2.75. The summed E-state index contributed by atoms with van der Waals surface area (Å²) >= 11 is 0. The summed E-state index contributed by atoms with van der Waals surface area (Å²) in [5.41, 5.74) is 2.91. The van der Waals surface area contributed by atoms with E-state index in [-0.39, 0.29) is 1.43 Å². The highest BCUT2D eigenvalue weighted by atomic mass is 14.3. The smallest absolute Gasteiger partial charge is 0 e. The maximum atomic E-state index is 3.84. The van der Waals surface area contributed by atoms with E-state index in [1.807, 2.05) is 0 Å². The minimum Gasteiger partial charge on any atom is -0.103 e. The zero-order chi connectivity index (χ0) is 11.4. The van der Waals surface area contributed by atoms with Crippen molar-refractivity contribution in [3.63, 3.8) is 0 Å². The topological polar surface area (TPSA) is 0 Å². The molecule has 1 aliphatic carbocycles. The second kappa shape index (κ2) is 5.34. The number of allylic oxidation sites excluding steroid dienone is 1. The van der Waals surface area contributed by atoms with E-state index in [0.29, 0.717) is 0 Å². The van der Waals surface area contributed by atoms with Crippen molar-refractivity contribution in [2.45, 2.75) is 44.9 Å². The van der Waals surface area contributed by atoms with Crippen LogP contribution in [0.2, 0.25) is 0 Å². The molecule has 1 aromatic rings. The second-order valence-electron chi connectivity index (χ2n) is 5.15. The van der Waals surface area contributed by atoms with Gasteiger partial charge in [-0.2, -0.15) is 0 Å². The van der Waals surface area contributed by atoms with Crippen LogP contribution in [0.25, 0.3) is 0 Å². The van der Waals surface area contributed by atoms with Gasteiger partial charge < -0.3 is 0 Å². The molecular weight excluding hydrogens is 192 g/mol. The van der Waals surface area contributed by atoms with Crippen LogP contribution in [-0.2, 0) is 0 Å². The van der Waals surface area contributed by atoms with Crippen LogP contribution in [0.4, 0.5) is 0 Å². The van der Waals surface area contributed by atoms with Gasteiger partial charge in [-0.1, -0.05) is 35.9 Å². The van der Waals surface area contributed by atoms with Crippen LogP contribution in [0.5, 0.6) is 0 Å². The van der Waals surface area contributed by atoms with Crippen molar-refractivity contribution < 1.29 is 1.43 Å². The molecule has 0 atom stereocenters. The Hall–Kier alpha value is -1.04. The first kappa shape index (κ1) is 11.4. The molecule has 0 heteroatoms. The van der Waals surface area contributed by atoms with Gasteiger partial charge in [0.05, 0.1) is 0 Å². The average Bonchev–Trinajstić information content (AvgIpc) is 2.32. The largest absolute Gasteiger partial charge is 0.103 e. The zero-order valence-electron chi connectivity index (χ0n) is 10.3. The summed E-state index contributed by atoms with van der Waals surface area (Å²) in [7, 11) is 0. The molecule has 1 aromatic carbocycles. The predicted octanol–water partition coefficient (Wildman–Crippen LogP) is 5.09. The normalized spacial score (nSPS) is 25.3. The molecule has 1 fully saturated rings. The van der Waals surface area contributed by atoms with Crippen LogP contribution in [-0.4, -0.2) is 0 Å². The first-order valence-corrected chi connectivity index (χ1v) is 6.47. The summed E-state index contributed by atoms with van der Waals surface area (Å²) in [5, 5.41) is 0. The van der Waals surface area contributed by atoms with Crippen molar-refractivity contribution in [2.75, 3.05) is 0 Å². The summed E-state index contributed by atoms with van der Waals surface area (Å²) in [5.74, 6) is 1.71. The van der Waals surface area contributed by atoms with Gasteiger partial charge in [0.25, 0.3) is 0 Å². The number of aryl methyl sites for hydroxylation is 1. The zero-order valence-corrected chi connectivity index (χ0v) is 10.3. The minimum atomic E-state index is 0. The molecule has 0 unspecified atom stereocenters. The van der Waals surface area contributed by atoms with Crippen molar-refractivity contribution in [1.82, 2.24) is 0 Å². The van der Waals surface area contributed by atoms with Crippen LogP contribution in [0, 0.1) is 12.8 Å². The molecule has 16 heavy (non-hydrogen) atoms. The second-order valence-corrected chi connectivity index (χ2v) is 5.15. The minimum absolute atomic E-state index is 0. The third-order valence-electron chi connectivity index (χ3n) is 3.90. The van der Waals surface area contributed by atoms with Crippen molar-refractivity contribution in [2.24, 2.45) is 5.92 Å². The first-order chi connectivity index (χ1) is 7.79. The predicted molar refractivity (Wildman–Crippen MR) is 72.8 cm³/mol. The van der Waals surface area contributed by atoms with Crippen molar-refractivity contribution in [3.8, 4) is 0 Å². The van der Waals surface area contributed by atoms with E-state index in [2.05, 4.69) is 43.8 Å². The Bertz CT molecular complexity index is 331. The number of rotatable bonds is 3. The van der Waals surface area contributed by atoms with Gasteiger partial charge in [-0.25, -0.2) is 0 Å². The van der Waals surface area contributed by atoms with E-state index in [4.69, 9.17) is 0 Å². The van der Waals surface area contributed by atoms with E-state index < -0.39 is 0 Å². The van der Waals surface area contributed by atoms with Gasteiger partial charge in [-0.05, 0) is 56.4 Å². The molecule has 0 amide bonds. The summed E-state index contributed by atoms with van der Waals surface area (Å²) in [6.07, 6.45) is 8.77. The monoisotopic (exact) mass is 216 g/mol. The van der Waals surface area contributed by atoms with E-state index >= 15 is 0 Å². The van der Waals surface area contributed by atoms with Gasteiger partial charge in [0, 0.05) is 1.43 Å². The highest BCUT2D eigenvalue weighted by molar-refractivity contribution is 5.24. The summed E-state index contributed by atoms with van der Waals surface area (Å²) < 4.78 is 0. The Kier molecular flexibility index (Phi) is 3.82. The molecule has 0 N–H and O–H groups in total. The Balaban J connectivity index is 0.00000144. The Morgan fingerprint density at radius 3 is 2.38 bits per heavy atom. The molecule has 0 spiro atoms. The molecule has 0 aromatic heterocycles. The highest BCUT2D eigenvalue weighted by Crippen LogP contribution is 2.37. The molecule has 0 aliphatic heterocycles. The van der Waals surface area contributed by atoms with E-state index in [9.17, 15) is 0 Å². The molecule has 0 bridgehead atoms. The maximum Gasteiger partial charge on any atom is 0 e. The molecule has 1 aliphatic rings. The molecule has 0 heterocycles. The summed E-state index contributed by atoms with van der Waals surface area (Å²) in [4.78, 5) is 0. The van der Waals surface area contributed by atoms with Crippen LogP contribution in [0.3, 0.4) is 0 Å². The Morgan fingerprint density at radius 1 is 1.19 bits per heavy atom. The fraction of sp³-hybridized carbons (Fsp3) is 0.500. The Labute approximate surface area is 101 Å². The van der Waals surface area contributed by atoms with Gasteiger partial charge in [-0.3, -0.25) is 0 Å². The molecular formula is C16H24. The molecule has 0 saturated heterocycles. The fourth-order valence-corrected chi connectivity index (χ4v) is 2.81. The van der Waals surface area contributed by atoms with Crippen molar-refractivity contribution in [3.05, 3.63) is 48.0 Å². The van der Waals surface area contributed by atoms with E-state index in [0.717, 1.165) is 11.8 Å². The van der Waals surface area contributed by atoms with Gasteiger partial charge in [-0.15, -0.1) is 6.58 Å². The van der Waals surface area contributed by atoms with Gasteiger partial charge >= 0.3 is 0 Å². The van der Waals surface area contributed by atoms with Crippen LogP contribution >= 0.6 is 0 Å². The molecule has 0 nitrogen and oxygen atoms in total. The van der Waals surface area contributed by atoms with Gasteiger partial charge in [0.1, 0.15) is 0 Å². The third-order valence-corrected chi connectivity index (χ3v) is 3.90. The molecule has 1 saturated carbocycles. The van der Waals surface area contributed by atoms with E-state index in [1.54, 1.807) is 5.56 Å².